The summed E-state index contributed by atoms with van der Waals surface area (Å²) in [5.74, 6) is 0.389. The Morgan fingerprint density at radius 3 is 2.71 bits per heavy atom. The van der Waals surface area contributed by atoms with E-state index in [0.29, 0.717) is 19.0 Å². The van der Waals surface area contributed by atoms with Crippen LogP contribution in [0.15, 0.2) is 24.3 Å². The maximum Gasteiger partial charge on any atom is 0.0970 e. The minimum absolute atomic E-state index is 0.341. The Bertz CT molecular complexity index is 390. The highest BCUT2D eigenvalue weighted by Gasteiger charge is 2.43. The number of hydrogen-bond donors (Lipinski definition) is 2. The summed E-state index contributed by atoms with van der Waals surface area (Å²) in [7, 11) is 2.01. The fourth-order valence-corrected chi connectivity index (χ4v) is 2.35. The van der Waals surface area contributed by atoms with Crippen LogP contribution in [0.4, 0.5) is 5.69 Å². The third kappa shape index (κ3) is 2.79. The average Bonchev–Trinajstić information content (AvgIpc) is 3.13. The summed E-state index contributed by atoms with van der Waals surface area (Å²) < 4.78 is 0. The highest BCUT2D eigenvalue weighted by Crippen LogP contribution is 2.39. The molecule has 0 aromatic heterocycles. The molecule has 0 amide bonds. The van der Waals surface area contributed by atoms with E-state index < -0.39 is 5.60 Å². The van der Waals surface area contributed by atoms with E-state index in [-0.39, 0.29) is 0 Å². The zero-order chi connectivity index (χ0) is 12.5. The van der Waals surface area contributed by atoms with E-state index in [1.165, 1.54) is 5.56 Å². The normalized spacial score (nSPS) is 18.8. The minimum Gasteiger partial charge on any atom is -0.386 e. The van der Waals surface area contributed by atoms with Crippen molar-refractivity contribution < 1.29 is 5.11 Å². The largest absolute Gasteiger partial charge is 0.386 e. The predicted molar refractivity (Wildman–Crippen MR) is 71.2 cm³/mol. The molecule has 1 aliphatic carbocycles. The van der Waals surface area contributed by atoms with Gasteiger partial charge in [-0.15, -0.1) is 0 Å². The first-order valence-electron chi connectivity index (χ1n) is 6.25. The highest BCUT2D eigenvalue weighted by molar-refractivity contribution is 5.48. The highest BCUT2D eigenvalue weighted by atomic mass is 16.3. The molecule has 94 valence electrons. The van der Waals surface area contributed by atoms with E-state index in [2.05, 4.69) is 30.0 Å². The van der Waals surface area contributed by atoms with Gasteiger partial charge in [0.05, 0.1) is 5.60 Å². The van der Waals surface area contributed by atoms with E-state index in [1.54, 1.807) is 0 Å². The van der Waals surface area contributed by atoms with Crippen LogP contribution in [0.2, 0.25) is 0 Å². The number of rotatable bonds is 5. The Hall–Kier alpha value is -1.06. The van der Waals surface area contributed by atoms with Crippen LogP contribution in [0.5, 0.6) is 0 Å². The molecule has 0 bridgehead atoms. The topological polar surface area (TPSA) is 49.5 Å². The molecule has 1 saturated carbocycles. The van der Waals surface area contributed by atoms with Crippen molar-refractivity contribution in [3.05, 3.63) is 29.8 Å². The lowest BCUT2D eigenvalue weighted by molar-refractivity contribution is 0.0344. The van der Waals surface area contributed by atoms with Crippen LogP contribution in [-0.2, 0) is 0 Å². The van der Waals surface area contributed by atoms with Crippen molar-refractivity contribution in [2.24, 2.45) is 11.7 Å². The molecule has 2 rings (SSSR count). The van der Waals surface area contributed by atoms with Crippen LogP contribution in [-0.4, -0.2) is 30.8 Å². The van der Waals surface area contributed by atoms with Gasteiger partial charge in [0.2, 0.25) is 0 Å². The molecule has 3 N–H and O–H groups in total. The molecule has 1 aromatic carbocycles. The zero-order valence-electron chi connectivity index (χ0n) is 10.7. The first-order valence-corrected chi connectivity index (χ1v) is 6.25. The molecule has 17 heavy (non-hydrogen) atoms. The van der Waals surface area contributed by atoms with Crippen molar-refractivity contribution in [1.82, 2.24) is 0 Å². The predicted octanol–water partition coefficient (Wildman–Crippen LogP) is 1.53. The molecule has 1 aromatic rings. The molecule has 0 spiro atoms. The number of nitrogens with two attached hydrogens (primary N) is 1. The van der Waals surface area contributed by atoms with Gasteiger partial charge >= 0.3 is 0 Å². The van der Waals surface area contributed by atoms with Gasteiger partial charge in [-0.05, 0) is 43.4 Å². The van der Waals surface area contributed by atoms with Crippen LogP contribution in [0.3, 0.4) is 0 Å². The minimum atomic E-state index is -0.724. The van der Waals surface area contributed by atoms with Gasteiger partial charge in [0.25, 0.3) is 0 Å². The van der Waals surface area contributed by atoms with E-state index in [9.17, 15) is 5.11 Å². The number of hydrogen-bond acceptors (Lipinski definition) is 3. The number of aryl methyl sites for hydroxylation is 1. The number of likely N-dealkylation sites (N-methyl/N-ethyl adjacent to an activating group) is 1. The smallest absolute Gasteiger partial charge is 0.0970 e. The van der Waals surface area contributed by atoms with Gasteiger partial charge in [0.15, 0.2) is 0 Å². The van der Waals surface area contributed by atoms with Crippen molar-refractivity contribution in [3.63, 3.8) is 0 Å². The Labute approximate surface area is 103 Å². The summed E-state index contributed by atoms with van der Waals surface area (Å²) in [5, 5.41) is 10.5. The van der Waals surface area contributed by atoms with Crippen LogP contribution in [0, 0.1) is 12.8 Å². The fraction of sp³-hybridized carbons (Fsp3) is 0.571. The molecule has 1 unspecified atom stereocenters. The summed E-state index contributed by atoms with van der Waals surface area (Å²) >= 11 is 0. The standard InChI is InChI=1S/C14H22N2O/c1-11-4-3-5-13(8-11)16(2)10-14(17,9-15)12-6-7-12/h3-5,8,12,17H,6-7,9-10,15H2,1-2H3. The third-order valence-corrected chi connectivity index (χ3v) is 3.64. The molecule has 1 aliphatic rings. The molecule has 1 atom stereocenters. The van der Waals surface area contributed by atoms with Gasteiger partial charge in [-0.2, -0.15) is 0 Å². The van der Waals surface area contributed by atoms with Crippen molar-refractivity contribution in [2.45, 2.75) is 25.4 Å². The average molecular weight is 234 g/mol. The van der Waals surface area contributed by atoms with E-state index in [0.717, 1.165) is 18.5 Å². The van der Waals surface area contributed by atoms with Crippen molar-refractivity contribution in [3.8, 4) is 0 Å². The second-order valence-corrected chi connectivity index (χ2v) is 5.28. The summed E-state index contributed by atoms with van der Waals surface area (Å²) in [4.78, 5) is 2.10. The summed E-state index contributed by atoms with van der Waals surface area (Å²) in [6.07, 6.45) is 2.21. The van der Waals surface area contributed by atoms with Crippen molar-refractivity contribution in [1.29, 1.82) is 0 Å². The number of nitrogens with zero attached hydrogens (tertiary/aromatic N) is 1. The maximum atomic E-state index is 10.5. The maximum absolute atomic E-state index is 10.5. The number of aliphatic hydroxyl groups is 1. The first-order chi connectivity index (χ1) is 8.05. The molecular weight excluding hydrogens is 212 g/mol. The van der Waals surface area contributed by atoms with Crippen LogP contribution in [0.1, 0.15) is 18.4 Å². The molecule has 0 aliphatic heterocycles. The van der Waals surface area contributed by atoms with Crippen LogP contribution >= 0.6 is 0 Å². The number of benzene rings is 1. The van der Waals surface area contributed by atoms with Gasteiger partial charge < -0.3 is 15.7 Å². The summed E-state index contributed by atoms with van der Waals surface area (Å²) in [6.45, 7) is 3.03. The lowest BCUT2D eigenvalue weighted by Gasteiger charge is -2.33. The summed E-state index contributed by atoms with van der Waals surface area (Å²) in [6, 6.07) is 8.31. The first kappa shape index (κ1) is 12.4. The monoisotopic (exact) mass is 234 g/mol. The van der Waals surface area contributed by atoms with Gasteiger partial charge in [0, 0.05) is 25.8 Å². The second-order valence-electron chi connectivity index (χ2n) is 5.28. The van der Waals surface area contributed by atoms with Gasteiger partial charge in [-0.25, -0.2) is 0 Å². The Morgan fingerprint density at radius 2 is 2.18 bits per heavy atom. The Kier molecular flexibility index (Phi) is 3.40. The van der Waals surface area contributed by atoms with E-state index >= 15 is 0 Å². The molecule has 0 radical (unpaired) electrons. The molecule has 3 nitrogen and oxygen atoms in total. The second kappa shape index (κ2) is 4.67. The fourth-order valence-electron chi connectivity index (χ4n) is 2.35. The molecule has 0 saturated heterocycles. The molecule has 1 fully saturated rings. The quantitative estimate of drug-likeness (QED) is 0.812. The Balaban J connectivity index is 2.07. The van der Waals surface area contributed by atoms with Crippen LogP contribution < -0.4 is 10.6 Å². The van der Waals surface area contributed by atoms with E-state index in [4.69, 9.17) is 5.73 Å². The summed E-state index contributed by atoms with van der Waals surface area (Å²) in [5.41, 5.74) is 7.37. The van der Waals surface area contributed by atoms with Crippen molar-refractivity contribution in [2.75, 3.05) is 25.0 Å². The number of anilines is 1. The van der Waals surface area contributed by atoms with Crippen molar-refractivity contribution >= 4 is 5.69 Å². The molecule has 0 heterocycles. The molecular formula is C14H22N2O. The van der Waals surface area contributed by atoms with Gasteiger partial charge in [0.1, 0.15) is 0 Å². The SMILES string of the molecule is Cc1cccc(N(C)CC(O)(CN)C2CC2)c1. The van der Waals surface area contributed by atoms with E-state index in [1.807, 2.05) is 13.1 Å². The zero-order valence-corrected chi connectivity index (χ0v) is 10.7. The third-order valence-electron chi connectivity index (χ3n) is 3.64. The van der Waals surface area contributed by atoms with Gasteiger partial charge in [-0.1, -0.05) is 12.1 Å². The lowest BCUT2D eigenvalue weighted by atomic mass is 9.97. The lowest BCUT2D eigenvalue weighted by Crippen LogP contribution is -2.49. The molecule has 3 heteroatoms. The van der Waals surface area contributed by atoms with Crippen LogP contribution in [0.25, 0.3) is 0 Å². The Morgan fingerprint density at radius 1 is 1.47 bits per heavy atom. The van der Waals surface area contributed by atoms with Gasteiger partial charge in [-0.3, -0.25) is 0 Å².